The molecule has 4 nitrogen and oxygen atoms in total. The van der Waals surface area contributed by atoms with Crippen molar-refractivity contribution in [1.82, 2.24) is 15.9 Å². The van der Waals surface area contributed by atoms with Crippen LogP contribution in [0.5, 0.6) is 0 Å². The molecule has 0 aromatic carbocycles. The van der Waals surface area contributed by atoms with Crippen LogP contribution >= 0.6 is 0 Å². The van der Waals surface area contributed by atoms with Gasteiger partial charge in [0, 0.05) is 25.0 Å². The summed E-state index contributed by atoms with van der Waals surface area (Å²) in [6.45, 7) is 15.2. The quantitative estimate of drug-likeness (QED) is 0.404. The third-order valence-electron chi connectivity index (χ3n) is 6.55. The monoisotopic (exact) mass is 388 g/mol. The van der Waals surface area contributed by atoms with E-state index >= 15 is 0 Å². The lowest BCUT2D eigenvalue weighted by atomic mass is 9.79. The number of hydrogen-bond donors (Lipinski definition) is 2. The molecule has 1 aliphatic carbocycles. The van der Waals surface area contributed by atoms with E-state index in [1.54, 1.807) is 0 Å². The highest BCUT2D eigenvalue weighted by molar-refractivity contribution is 6.07. The first-order chi connectivity index (χ1) is 13.6. The number of hydrogen-bond acceptors (Lipinski definition) is 4. The zero-order valence-electron chi connectivity index (χ0n) is 19.1. The van der Waals surface area contributed by atoms with Crippen LogP contribution in [-0.2, 0) is 0 Å². The van der Waals surface area contributed by atoms with E-state index < -0.39 is 0 Å². The zero-order chi connectivity index (χ0) is 20.4. The van der Waals surface area contributed by atoms with E-state index in [1.165, 1.54) is 64.5 Å². The standard InChI is InChI=1S/C24H44N4/c1-6-10-13-20(8-3)17-28(18-21(9-4)14-11-7-2)19-24(5)16-12-15-22-23(24)26-27-25-22/h12,15-16,20-21,25,27H,6-11,13-14,17-19H2,1-5H3. The predicted molar refractivity (Wildman–Crippen MR) is 122 cm³/mol. The summed E-state index contributed by atoms with van der Waals surface area (Å²) in [5.74, 6) is 1.60. The van der Waals surface area contributed by atoms with Crippen molar-refractivity contribution in [1.29, 1.82) is 0 Å². The summed E-state index contributed by atoms with van der Waals surface area (Å²) in [5.41, 5.74) is 8.39. The molecule has 0 aromatic rings. The fraction of sp³-hybridized carbons (Fsp3) is 0.792. The van der Waals surface area contributed by atoms with Crippen LogP contribution in [0.3, 0.4) is 0 Å². The van der Waals surface area contributed by atoms with Crippen molar-refractivity contribution in [2.24, 2.45) is 22.4 Å². The van der Waals surface area contributed by atoms with Gasteiger partial charge in [-0.1, -0.05) is 78.4 Å². The van der Waals surface area contributed by atoms with Crippen molar-refractivity contribution in [2.45, 2.75) is 86.0 Å². The van der Waals surface area contributed by atoms with E-state index in [9.17, 15) is 0 Å². The Labute approximate surface area is 173 Å². The Kier molecular flexibility index (Phi) is 9.57. The first kappa shape index (κ1) is 23.0. The molecule has 0 spiro atoms. The first-order valence-corrected chi connectivity index (χ1v) is 11.8. The van der Waals surface area contributed by atoms with Crippen LogP contribution in [-0.4, -0.2) is 30.2 Å². The average molecular weight is 389 g/mol. The van der Waals surface area contributed by atoms with Gasteiger partial charge in [-0.05, 0) is 37.7 Å². The minimum atomic E-state index is -0.0350. The second-order valence-electron chi connectivity index (χ2n) is 9.08. The van der Waals surface area contributed by atoms with Gasteiger partial charge < -0.3 is 4.90 Å². The van der Waals surface area contributed by atoms with E-state index in [-0.39, 0.29) is 5.41 Å². The minimum Gasteiger partial charge on any atom is -0.302 e. The maximum absolute atomic E-state index is 4.57. The van der Waals surface area contributed by atoms with Crippen LogP contribution in [0.15, 0.2) is 29.0 Å². The second kappa shape index (κ2) is 11.6. The summed E-state index contributed by atoms with van der Waals surface area (Å²) >= 11 is 0. The van der Waals surface area contributed by atoms with E-state index in [0.29, 0.717) is 0 Å². The molecule has 0 fully saturated rings. The molecule has 3 atom stereocenters. The fourth-order valence-corrected chi connectivity index (χ4v) is 4.62. The zero-order valence-corrected chi connectivity index (χ0v) is 19.1. The number of hydrazone groups is 1. The number of nitrogens with one attached hydrogen (secondary N) is 2. The summed E-state index contributed by atoms with van der Waals surface area (Å²) in [5, 5.41) is 4.57. The maximum atomic E-state index is 4.57. The molecule has 0 radical (unpaired) electrons. The van der Waals surface area contributed by atoms with Crippen LogP contribution in [0.2, 0.25) is 0 Å². The third-order valence-corrected chi connectivity index (χ3v) is 6.55. The topological polar surface area (TPSA) is 39.7 Å². The molecule has 4 heteroatoms. The lowest BCUT2D eigenvalue weighted by Crippen LogP contribution is -2.45. The molecular weight excluding hydrogens is 344 g/mol. The number of fused-ring (bicyclic) bond motifs is 1. The molecule has 28 heavy (non-hydrogen) atoms. The Morgan fingerprint density at radius 1 is 1.00 bits per heavy atom. The second-order valence-corrected chi connectivity index (χ2v) is 9.08. The molecule has 1 heterocycles. The Balaban J connectivity index is 2.12. The number of nitrogens with zero attached hydrogens (tertiary/aromatic N) is 2. The number of allylic oxidation sites excluding steroid dienone is 3. The molecule has 2 rings (SSSR count). The van der Waals surface area contributed by atoms with Crippen LogP contribution in [0, 0.1) is 17.3 Å². The highest BCUT2D eigenvalue weighted by Crippen LogP contribution is 2.32. The molecule has 0 saturated carbocycles. The van der Waals surface area contributed by atoms with Gasteiger partial charge in [0.25, 0.3) is 0 Å². The van der Waals surface area contributed by atoms with Crippen molar-refractivity contribution in [3.63, 3.8) is 0 Å². The lowest BCUT2D eigenvalue weighted by molar-refractivity contribution is 0.158. The molecule has 2 N–H and O–H groups in total. The predicted octanol–water partition coefficient (Wildman–Crippen LogP) is 5.65. The van der Waals surface area contributed by atoms with Crippen LogP contribution < -0.4 is 11.0 Å². The Morgan fingerprint density at radius 3 is 2.14 bits per heavy atom. The van der Waals surface area contributed by atoms with Gasteiger partial charge in [0.2, 0.25) is 0 Å². The van der Waals surface area contributed by atoms with E-state index in [4.69, 9.17) is 0 Å². The van der Waals surface area contributed by atoms with Crippen LogP contribution in [0.1, 0.15) is 86.0 Å². The third kappa shape index (κ3) is 6.37. The Bertz CT molecular complexity index is 533. The normalized spacial score (nSPS) is 22.9. The molecule has 0 saturated heterocycles. The highest BCUT2D eigenvalue weighted by atomic mass is 15.6. The Hall–Kier alpha value is -1.29. The first-order valence-electron chi connectivity index (χ1n) is 11.8. The summed E-state index contributed by atoms with van der Waals surface area (Å²) in [4.78, 5) is 2.77. The molecule has 160 valence electrons. The summed E-state index contributed by atoms with van der Waals surface area (Å²) in [6, 6.07) is 0. The Morgan fingerprint density at radius 2 is 1.61 bits per heavy atom. The summed E-state index contributed by atoms with van der Waals surface area (Å²) in [6.07, 6.45) is 17.2. The maximum Gasteiger partial charge on any atom is 0.0981 e. The van der Waals surface area contributed by atoms with Gasteiger partial charge in [-0.2, -0.15) is 5.10 Å². The molecule has 0 aromatic heterocycles. The van der Waals surface area contributed by atoms with Gasteiger partial charge in [0.1, 0.15) is 0 Å². The van der Waals surface area contributed by atoms with Crippen molar-refractivity contribution in [3.05, 3.63) is 23.9 Å². The minimum absolute atomic E-state index is 0.0350. The van der Waals surface area contributed by atoms with Crippen LogP contribution in [0.25, 0.3) is 0 Å². The van der Waals surface area contributed by atoms with Gasteiger partial charge in [-0.25, -0.2) is 5.53 Å². The largest absolute Gasteiger partial charge is 0.302 e. The smallest absolute Gasteiger partial charge is 0.0981 e. The van der Waals surface area contributed by atoms with Crippen molar-refractivity contribution in [3.8, 4) is 0 Å². The van der Waals surface area contributed by atoms with E-state index in [1.807, 2.05) is 0 Å². The highest BCUT2D eigenvalue weighted by Gasteiger charge is 2.37. The molecular formula is C24H44N4. The molecule has 0 bridgehead atoms. The number of hydrazine groups is 1. The fourth-order valence-electron chi connectivity index (χ4n) is 4.62. The van der Waals surface area contributed by atoms with Crippen LogP contribution in [0.4, 0.5) is 0 Å². The average Bonchev–Trinajstić information content (AvgIpc) is 3.18. The molecule has 0 amide bonds. The van der Waals surface area contributed by atoms with Crippen molar-refractivity contribution >= 4 is 5.71 Å². The summed E-state index contributed by atoms with van der Waals surface area (Å²) < 4.78 is 0. The van der Waals surface area contributed by atoms with Gasteiger partial charge in [-0.3, -0.25) is 5.43 Å². The summed E-state index contributed by atoms with van der Waals surface area (Å²) in [7, 11) is 0. The molecule has 2 aliphatic rings. The van der Waals surface area contributed by atoms with Gasteiger partial charge in [0.15, 0.2) is 0 Å². The van der Waals surface area contributed by atoms with Crippen molar-refractivity contribution in [2.75, 3.05) is 19.6 Å². The lowest BCUT2D eigenvalue weighted by Gasteiger charge is -2.38. The van der Waals surface area contributed by atoms with Gasteiger partial charge in [-0.15, -0.1) is 0 Å². The number of unbranched alkanes of at least 4 members (excludes halogenated alkanes) is 2. The van der Waals surface area contributed by atoms with Crippen molar-refractivity contribution < 1.29 is 0 Å². The SMILES string of the molecule is CCCCC(CC)CN(CC(CC)CCCC)CC1(C)C=CC=C2NNN=C21. The molecule has 3 unspecified atom stereocenters. The van der Waals surface area contributed by atoms with Gasteiger partial charge >= 0.3 is 0 Å². The molecule has 1 aliphatic heterocycles. The van der Waals surface area contributed by atoms with E-state index in [2.05, 4.69) is 73.8 Å². The van der Waals surface area contributed by atoms with Gasteiger partial charge in [0.05, 0.1) is 11.4 Å². The number of rotatable bonds is 14. The van der Waals surface area contributed by atoms with E-state index in [0.717, 1.165) is 29.8 Å².